The summed E-state index contributed by atoms with van der Waals surface area (Å²) in [6.07, 6.45) is 0.277. The molecule has 0 aliphatic carbocycles. The number of amides is 1. The van der Waals surface area contributed by atoms with E-state index in [2.05, 4.69) is 4.98 Å². The van der Waals surface area contributed by atoms with Crippen molar-refractivity contribution < 1.29 is 4.79 Å². The Kier molecular flexibility index (Phi) is 3.87. The van der Waals surface area contributed by atoms with E-state index in [1.807, 2.05) is 30.3 Å². The van der Waals surface area contributed by atoms with E-state index in [-0.39, 0.29) is 6.42 Å². The molecule has 1 amide bonds. The van der Waals surface area contributed by atoms with Crippen LogP contribution in [0.1, 0.15) is 19.4 Å². The molecule has 0 radical (unpaired) electrons. The number of aromatic amines is 1. The monoisotopic (exact) mass is 329 g/mol. The summed E-state index contributed by atoms with van der Waals surface area (Å²) in [6.45, 7) is 1.70. The molecule has 1 atom stereocenters. The molecule has 23 heavy (non-hydrogen) atoms. The van der Waals surface area contributed by atoms with Gasteiger partial charge in [0.25, 0.3) is 5.56 Å². The number of carbonyl (C=O) groups excluding carboxylic acids is 1. The molecular formula is C16H15N3O3S. The molecule has 0 aliphatic rings. The Bertz CT molecular complexity index is 985. The number of nitrogens with zero attached hydrogens (tertiary/aromatic N) is 1. The van der Waals surface area contributed by atoms with Crippen LogP contribution in [0.3, 0.4) is 0 Å². The van der Waals surface area contributed by atoms with Crippen LogP contribution < -0.4 is 17.0 Å². The molecule has 3 aromatic rings. The summed E-state index contributed by atoms with van der Waals surface area (Å²) < 4.78 is 0.909. The number of carbonyl (C=O) groups is 1. The van der Waals surface area contributed by atoms with Gasteiger partial charge >= 0.3 is 5.69 Å². The van der Waals surface area contributed by atoms with Crippen LogP contribution in [-0.4, -0.2) is 15.5 Å². The number of benzene rings is 1. The van der Waals surface area contributed by atoms with E-state index >= 15 is 0 Å². The van der Waals surface area contributed by atoms with Gasteiger partial charge in [-0.3, -0.25) is 14.6 Å². The quantitative estimate of drug-likeness (QED) is 0.764. The lowest BCUT2D eigenvalue weighted by Crippen LogP contribution is -2.42. The fourth-order valence-electron chi connectivity index (χ4n) is 2.56. The number of hydrogen-bond donors (Lipinski definition) is 2. The Hall–Kier alpha value is -2.67. The second kappa shape index (κ2) is 5.85. The van der Waals surface area contributed by atoms with Gasteiger partial charge in [-0.1, -0.05) is 37.3 Å². The molecule has 3 N–H and O–H groups in total. The summed E-state index contributed by atoms with van der Waals surface area (Å²) >= 11 is 1.33. The Labute approximate surface area is 135 Å². The van der Waals surface area contributed by atoms with E-state index < -0.39 is 23.2 Å². The van der Waals surface area contributed by atoms with Crippen LogP contribution in [0.5, 0.6) is 0 Å². The largest absolute Gasteiger partial charge is 0.368 e. The molecule has 0 spiro atoms. The minimum absolute atomic E-state index is 0.277. The maximum absolute atomic E-state index is 12.6. The third-order valence-corrected chi connectivity index (χ3v) is 4.81. The first-order valence-corrected chi connectivity index (χ1v) is 7.97. The van der Waals surface area contributed by atoms with Crippen molar-refractivity contribution in [3.8, 4) is 10.4 Å². The third kappa shape index (κ3) is 2.59. The zero-order valence-electron chi connectivity index (χ0n) is 12.4. The molecule has 3 rings (SSSR count). The fraction of sp³-hybridized carbons (Fsp3) is 0.188. The number of fused-ring (bicyclic) bond motifs is 1. The molecule has 2 aromatic heterocycles. The lowest BCUT2D eigenvalue weighted by molar-refractivity contribution is -0.121. The lowest BCUT2D eigenvalue weighted by Gasteiger charge is -2.12. The van der Waals surface area contributed by atoms with Gasteiger partial charge < -0.3 is 5.73 Å². The fourth-order valence-corrected chi connectivity index (χ4v) is 3.61. The zero-order valence-corrected chi connectivity index (χ0v) is 13.2. The number of aromatic nitrogens is 2. The van der Waals surface area contributed by atoms with Gasteiger partial charge in [-0.15, -0.1) is 11.3 Å². The summed E-state index contributed by atoms with van der Waals surface area (Å²) in [7, 11) is 0. The summed E-state index contributed by atoms with van der Waals surface area (Å²) in [5.41, 5.74) is 5.16. The summed E-state index contributed by atoms with van der Waals surface area (Å²) in [5, 5.41) is 0.383. The lowest BCUT2D eigenvalue weighted by atomic mass is 10.2. The van der Waals surface area contributed by atoms with Crippen molar-refractivity contribution in [1.29, 1.82) is 0 Å². The van der Waals surface area contributed by atoms with Crippen LogP contribution >= 0.6 is 11.3 Å². The Morgan fingerprint density at radius 2 is 2.00 bits per heavy atom. The smallest absolute Gasteiger partial charge is 0.330 e. The maximum atomic E-state index is 12.6. The summed E-state index contributed by atoms with van der Waals surface area (Å²) in [5.74, 6) is -0.696. The van der Waals surface area contributed by atoms with Crippen molar-refractivity contribution in [1.82, 2.24) is 9.55 Å². The first-order chi connectivity index (χ1) is 11.0. The number of nitrogens with one attached hydrogen (secondary N) is 1. The van der Waals surface area contributed by atoms with Crippen molar-refractivity contribution in [2.45, 2.75) is 19.4 Å². The normalized spacial score (nSPS) is 12.4. The highest BCUT2D eigenvalue weighted by atomic mass is 32.1. The van der Waals surface area contributed by atoms with Crippen molar-refractivity contribution in [3.63, 3.8) is 0 Å². The van der Waals surface area contributed by atoms with Gasteiger partial charge in [0.05, 0.1) is 5.39 Å². The highest BCUT2D eigenvalue weighted by Gasteiger charge is 2.21. The second-order valence-corrected chi connectivity index (χ2v) is 6.20. The maximum Gasteiger partial charge on any atom is 0.330 e. The standard InChI is InChI=1S/C16H15N3O3S/c1-2-11(13(17)20)19-15(21)10-8-12(9-6-4-3-5-7-9)23-14(10)18-16(19)22/h3-8,11H,2H2,1H3,(H2,17,20)(H,18,22). The molecule has 1 unspecified atom stereocenters. The van der Waals surface area contributed by atoms with E-state index in [0.717, 1.165) is 15.0 Å². The van der Waals surface area contributed by atoms with Crippen molar-refractivity contribution in [2.75, 3.05) is 0 Å². The van der Waals surface area contributed by atoms with Crippen molar-refractivity contribution in [2.24, 2.45) is 5.73 Å². The Balaban J connectivity index is 2.26. The minimum Gasteiger partial charge on any atom is -0.368 e. The Morgan fingerprint density at radius 3 is 2.61 bits per heavy atom. The molecule has 1 aromatic carbocycles. The number of thiophene rings is 1. The molecule has 0 saturated carbocycles. The van der Waals surface area contributed by atoms with E-state index in [1.54, 1.807) is 13.0 Å². The van der Waals surface area contributed by atoms with Crippen molar-refractivity contribution in [3.05, 3.63) is 57.2 Å². The summed E-state index contributed by atoms with van der Waals surface area (Å²) in [4.78, 5) is 40.4. The first kappa shape index (κ1) is 15.2. The van der Waals surface area contributed by atoms with Crippen LogP contribution in [0.15, 0.2) is 46.0 Å². The minimum atomic E-state index is -0.948. The summed E-state index contributed by atoms with van der Waals surface area (Å²) in [6, 6.07) is 10.4. The van der Waals surface area contributed by atoms with Gasteiger partial charge in [-0.2, -0.15) is 0 Å². The van der Waals surface area contributed by atoms with Crippen LogP contribution in [-0.2, 0) is 4.79 Å². The van der Waals surface area contributed by atoms with E-state index in [0.29, 0.717) is 10.2 Å². The van der Waals surface area contributed by atoms with Gasteiger partial charge in [0.2, 0.25) is 5.91 Å². The second-order valence-electron chi connectivity index (χ2n) is 5.15. The molecule has 118 valence electrons. The average molecular weight is 329 g/mol. The topological polar surface area (TPSA) is 97.9 Å². The van der Waals surface area contributed by atoms with Crippen molar-refractivity contribution >= 4 is 27.5 Å². The van der Waals surface area contributed by atoms with Gasteiger partial charge in [0, 0.05) is 4.88 Å². The number of H-pyrrole nitrogens is 1. The molecular weight excluding hydrogens is 314 g/mol. The van der Waals surface area contributed by atoms with Crippen LogP contribution in [0.2, 0.25) is 0 Å². The molecule has 2 heterocycles. The molecule has 0 saturated heterocycles. The molecule has 0 fully saturated rings. The number of hydrogen-bond acceptors (Lipinski definition) is 4. The highest BCUT2D eigenvalue weighted by molar-refractivity contribution is 7.21. The molecule has 6 nitrogen and oxygen atoms in total. The first-order valence-electron chi connectivity index (χ1n) is 7.16. The number of nitrogens with two attached hydrogens (primary N) is 1. The average Bonchev–Trinajstić information content (AvgIpc) is 2.96. The SMILES string of the molecule is CCC(C(N)=O)n1c(=O)[nH]c2sc(-c3ccccc3)cc2c1=O. The van der Waals surface area contributed by atoms with Crippen LogP contribution in [0.25, 0.3) is 20.7 Å². The van der Waals surface area contributed by atoms with Crippen LogP contribution in [0, 0.1) is 0 Å². The third-order valence-electron chi connectivity index (χ3n) is 3.71. The van der Waals surface area contributed by atoms with Crippen LogP contribution in [0.4, 0.5) is 0 Å². The van der Waals surface area contributed by atoms with E-state index in [9.17, 15) is 14.4 Å². The molecule has 0 bridgehead atoms. The number of rotatable bonds is 4. The van der Waals surface area contributed by atoms with Gasteiger partial charge in [-0.25, -0.2) is 9.36 Å². The predicted octanol–water partition coefficient (Wildman–Crippen LogP) is 1.85. The highest BCUT2D eigenvalue weighted by Crippen LogP contribution is 2.30. The molecule has 7 heteroatoms. The van der Waals surface area contributed by atoms with E-state index in [1.165, 1.54) is 11.3 Å². The number of primary amides is 1. The van der Waals surface area contributed by atoms with E-state index in [4.69, 9.17) is 5.73 Å². The van der Waals surface area contributed by atoms with Gasteiger partial charge in [0.15, 0.2) is 0 Å². The Morgan fingerprint density at radius 1 is 1.30 bits per heavy atom. The van der Waals surface area contributed by atoms with Gasteiger partial charge in [0.1, 0.15) is 10.9 Å². The van der Waals surface area contributed by atoms with Gasteiger partial charge in [-0.05, 0) is 18.1 Å². The molecule has 0 aliphatic heterocycles. The zero-order chi connectivity index (χ0) is 16.6. The predicted molar refractivity (Wildman–Crippen MR) is 90.7 cm³/mol.